The number of nitrogens with one attached hydrogen (secondary N) is 1. The minimum Gasteiger partial charge on any atom is -0.408 e. The predicted octanol–water partition coefficient (Wildman–Crippen LogP) is 2.08. The molecule has 2 aromatic carbocycles. The van der Waals surface area contributed by atoms with E-state index >= 15 is 0 Å². The normalized spacial score (nSPS) is 16.1. The van der Waals surface area contributed by atoms with Crippen LogP contribution in [0.5, 0.6) is 0 Å². The Kier molecular flexibility index (Phi) is 4.27. The van der Waals surface area contributed by atoms with Crippen LogP contribution in [0.1, 0.15) is 5.56 Å². The number of piperazine rings is 1. The molecule has 0 saturated carbocycles. The Morgan fingerprint density at radius 2 is 1.81 bits per heavy atom. The molecular formula is C18H18FN3O4S. The molecule has 142 valence electrons. The summed E-state index contributed by atoms with van der Waals surface area (Å²) in [4.78, 5) is 16.0. The van der Waals surface area contributed by atoms with Crippen molar-refractivity contribution in [3.05, 3.63) is 58.3 Å². The first-order valence-electron chi connectivity index (χ1n) is 8.49. The highest BCUT2D eigenvalue weighted by Gasteiger charge is 2.29. The molecule has 1 aromatic heterocycles. The first-order valence-corrected chi connectivity index (χ1v) is 9.93. The third-order valence-corrected chi connectivity index (χ3v) is 6.67. The minimum atomic E-state index is -3.66. The number of rotatable bonds is 3. The predicted molar refractivity (Wildman–Crippen MR) is 98.9 cm³/mol. The van der Waals surface area contributed by atoms with Crippen molar-refractivity contribution in [2.75, 3.05) is 31.1 Å². The van der Waals surface area contributed by atoms with Gasteiger partial charge in [0.25, 0.3) is 0 Å². The molecular weight excluding hydrogens is 373 g/mol. The topological polar surface area (TPSA) is 86.6 Å². The Balaban J connectivity index is 1.51. The van der Waals surface area contributed by atoms with Crippen LogP contribution in [-0.4, -0.2) is 43.9 Å². The van der Waals surface area contributed by atoms with E-state index in [0.717, 1.165) is 5.69 Å². The van der Waals surface area contributed by atoms with E-state index in [1.165, 1.54) is 22.5 Å². The van der Waals surface area contributed by atoms with Crippen molar-refractivity contribution in [3.63, 3.8) is 0 Å². The van der Waals surface area contributed by atoms with E-state index in [9.17, 15) is 17.6 Å². The van der Waals surface area contributed by atoms with E-state index in [4.69, 9.17) is 4.42 Å². The summed E-state index contributed by atoms with van der Waals surface area (Å²) in [5.74, 6) is -0.932. The monoisotopic (exact) mass is 391 g/mol. The van der Waals surface area contributed by atoms with Crippen LogP contribution in [0.15, 0.2) is 50.5 Å². The lowest BCUT2D eigenvalue weighted by atomic mass is 10.2. The van der Waals surface area contributed by atoms with Crippen LogP contribution < -0.4 is 10.7 Å². The second-order valence-electron chi connectivity index (χ2n) is 6.50. The highest BCUT2D eigenvalue weighted by atomic mass is 32.2. The Bertz CT molecular complexity index is 1160. The maximum atomic E-state index is 13.4. The van der Waals surface area contributed by atoms with E-state index in [1.807, 2.05) is 11.0 Å². The zero-order chi connectivity index (χ0) is 19.2. The fourth-order valence-corrected chi connectivity index (χ4v) is 4.75. The van der Waals surface area contributed by atoms with Gasteiger partial charge in [0.05, 0.1) is 10.4 Å². The largest absolute Gasteiger partial charge is 0.417 e. The lowest BCUT2D eigenvalue weighted by Gasteiger charge is -2.35. The van der Waals surface area contributed by atoms with Gasteiger partial charge in [-0.15, -0.1) is 0 Å². The van der Waals surface area contributed by atoms with Gasteiger partial charge in [0.1, 0.15) is 5.82 Å². The number of hydrogen-bond acceptors (Lipinski definition) is 5. The van der Waals surface area contributed by atoms with Crippen LogP contribution in [0.3, 0.4) is 0 Å². The Labute approximate surface area is 155 Å². The molecule has 0 radical (unpaired) electrons. The first kappa shape index (κ1) is 17.7. The molecule has 2 heterocycles. The number of aryl methyl sites for hydroxylation is 1. The molecule has 0 unspecified atom stereocenters. The molecule has 3 aromatic rings. The molecule has 7 nitrogen and oxygen atoms in total. The summed E-state index contributed by atoms with van der Waals surface area (Å²) < 4.78 is 45.5. The third-order valence-electron chi connectivity index (χ3n) is 4.78. The van der Waals surface area contributed by atoms with E-state index in [1.54, 1.807) is 19.1 Å². The van der Waals surface area contributed by atoms with Crippen molar-refractivity contribution in [1.29, 1.82) is 0 Å². The average Bonchev–Trinajstić information content (AvgIpc) is 3.03. The summed E-state index contributed by atoms with van der Waals surface area (Å²) in [6.45, 7) is 3.17. The Morgan fingerprint density at radius 1 is 1.07 bits per heavy atom. The molecule has 1 N–H and O–H groups in total. The van der Waals surface area contributed by atoms with Crippen molar-refractivity contribution in [2.24, 2.45) is 0 Å². The van der Waals surface area contributed by atoms with Crippen molar-refractivity contribution >= 4 is 26.8 Å². The lowest BCUT2D eigenvalue weighted by Crippen LogP contribution is -2.48. The number of fused-ring (bicyclic) bond motifs is 1. The van der Waals surface area contributed by atoms with Crippen molar-refractivity contribution < 1.29 is 17.2 Å². The zero-order valence-electron chi connectivity index (χ0n) is 14.6. The number of benzene rings is 2. The summed E-state index contributed by atoms with van der Waals surface area (Å²) in [5.41, 5.74) is 2.25. The van der Waals surface area contributed by atoms with Gasteiger partial charge in [-0.05, 0) is 42.8 Å². The van der Waals surface area contributed by atoms with Crippen LogP contribution in [-0.2, 0) is 10.0 Å². The molecule has 4 rings (SSSR count). The van der Waals surface area contributed by atoms with Gasteiger partial charge in [-0.1, -0.05) is 0 Å². The van der Waals surface area contributed by atoms with Crippen molar-refractivity contribution in [2.45, 2.75) is 11.8 Å². The second-order valence-corrected chi connectivity index (χ2v) is 8.44. The van der Waals surface area contributed by atoms with Gasteiger partial charge in [-0.2, -0.15) is 4.31 Å². The zero-order valence-corrected chi connectivity index (χ0v) is 15.4. The highest BCUT2D eigenvalue weighted by molar-refractivity contribution is 7.89. The molecule has 1 aliphatic heterocycles. The van der Waals surface area contributed by atoms with Gasteiger partial charge in [-0.3, -0.25) is 4.98 Å². The van der Waals surface area contributed by atoms with Gasteiger partial charge in [0.15, 0.2) is 5.58 Å². The molecule has 1 aliphatic rings. The van der Waals surface area contributed by atoms with E-state index in [-0.39, 0.29) is 4.90 Å². The van der Waals surface area contributed by atoms with Crippen LogP contribution in [0, 0.1) is 12.7 Å². The molecule has 1 fully saturated rings. The minimum absolute atomic E-state index is 0.102. The van der Waals surface area contributed by atoms with Gasteiger partial charge in [0.2, 0.25) is 10.0 Å². The molecule has 0 atom stereocenters. The summed E-state index contributed by atoms with van der Waals surface area (Å²) >= 11 is 0. The third kappa shape index (κ3) is 3.24. The smallest absolute Gasteiger partial charge is 0.408 e. The van der Waals surface area contributed by atoms with Gasteiger partial charge < -0.3 is 9.32 Å². The summed E-state index contributed by atoms with van der Waals surface area (Å²) in [7, 11) is -3.66. The summed E-state index contributed by atoms with van der Waals surface area (Å²) in [5, 5.41) is 0. The molecule has 27 heavy (non-hydrogen) atoms. The van der Waals surface area contributed by atoms with Crippen LogP contribution in [0.4, 0.5) is 10.1 Å². The van der Waals surface area contributed by atoms with Gasteiger partial charge in [0, 0.05) is 37.9 Å². The van der Waals surface area contributed by atoms with Crippen molar-refractivity contribution in [1.82, 2.24) is 9.29 Å². The fourth-order valence-electron chi connectivity index (χ4n) is 3.24. The quantitative estimate of drug-likeness (QED) is 0.739. The van der Waals surface area contributed by atoms with E-state index in [0.29, 0.717) is 42.8 Å². The molecule has 0 aliphatic carbocycles. The summed E-state index contributed by atoms with van der Waals surface area (Å²) in [6, 6.07) is 9.23. The summed E-state index contributed by atoms with van der Waals surface area (Å²) in [6.07, 6.45) is 0. The lowest BCUT2D eigenvalue weighted by molar-refractivity contribution is 0.385. The van der Waals surface area contributed by atoms with E-state index < -0.39 is 21.6 Å². The number of oxazole rings is 1. The average molecular weight is 391 g/mol. The van der Waals surface area contributed by atoms with E-state index in [2.05, 4.69) is 4.98 Å². The molecule has 0 spiro atoms. The number of aromatic amines is 1. The Morgan fingerprint density at radius 3 is 2.52 bits per heavy atom. The SMILES string of the molecule is Cc1cc(S(=O)(=O)N2CCN(c3ccc4[nH]c(=O)oc4c3)CC2)ccc1F. The van der Waals surface area contributed by atoms with Crippen molar-refractivity contribution in [3.8, 4) is 0 Å². The highest BCUT2D eigenvalue weighted by Crippen LogP contribution is 2.24. The first-order chi connectivity index (χ1) is 12.8. The maximum Gasteiger partial charge on any atom is 0.417 e. The number of anilines is 1. The van der Waals surface area contributed by atoms with Gasteiger partial charge in [-0.25, -0.2) is 17.6 Å². The number of halogens is 1. The molecule has 0 amide bonds. The fraction of sp³-hybridized carbons (Fsp3) is 0.278. The Hall–Kier alpha value is -2.65. The standard InChI is InChI=1S/C18H18FN3O4S/c1-12-10-14(3-4-15(12)19)27(24,25)22-8-6-21(7-9-22)13-2-5-16-17(11-13)26-18(23)20-16/h2-5,10-11H,6-9H2,1H3,(H,20,23). The van der Waals surface area contributed by atoms with Crippen LogP contribution in [0.2, 0.25) is 0 Å². The van der Waals surface area contributed by atoms with Crippen LogP contribution in [0.25, 0.3) is 11.1 Å². The maximum absolute atomic E-state index is 13.4. The number of sulfonamides is 1. The second kappa shape index (κ2) is 6.50. The number of aromatic nitrogens is 1. The molecule has 1 saturated heterocycles. The van der Waals surface area contributed by atoms with Crippen LogP contribution >= 0.6 is 0 Å². The molecule has 0 bridgehead atoms. The van der Waals surface area contributed by atoms with Gasteiger partial charge >= 0.3 is 5.76 Å². The number of H-pyrrole nitrogens is 1. The number of hydrogen-bond donors (Lipinski definition) is 1. The number of nitrogens with zero attached hydrogens (tertiary/aromatic N) is 2. The molecule has 9 heteroatoms.